The Labute approximate surface area is 112 Å². The van der Waals surface area contributed by atoms with Crippen molar-refractivity contribution in [2.75, 3.05) is 40.5 Å². The van der Waals surface area contributed by atoms with Crippen LogP contribution in [-0.4, -0.2) is 56.4 Å². The first-order chi connectivity index (χ1) is 9.13. The number of hydrogen-bond acceptors (Lipinski definition) is 5. The van der Waals surface area contributed by atoms with Gasteiger partial charge in [0.15, 0.2) is 11.5 Å². The van der Waals surface area contributed by atoms with Crippen LogP contribution < -0.4 is 10.5 Å². The molecule has 0 aliphatic carbocycles. The number of amides is 1. The first-order valence-electron chi connectivity index (χ1n) is 5.99. The van der Waals surface area contributed by atoms with Crippen LogP contribution in [0.2, 0.25) is 0 Å². The average Bonchev–Trinajstić information content (AvgIpc) is 2.42. The maximum Gasteiger partial charge on any atom is 0.254 e. The number of hydrogen-bond donors (Lipinski definition) is 2. The molecule has 6 nitrogen and oxygen atoms in total. The Morgan fingerprint density at radius 1 is 1.37 bits per heavy atom. The summed E-state index contributed by atoms with van der Waals surface area (Å²) in [7, 11) is 3.03. The zero-order valence-electron chi connectivity index (χ0n) is 11.3. The molecule has 0 saturated carbocycles. The average molecular weight is 268 g/mol. The first kappa shape index (κ1) is 15.3. The highest BCUT2D eigenvalue weighted by Gasteiger charge is 2.16. The normalized spacial score (nSPS) is 10.3. The molecule has 0 aliphatic rings. The molecule has 0 atom stereocenters. The lowest BCUT2D eigenvalue weighted by Gasteiger charge is -2.21. The Morgan fingerprint density at radius 3 is 2.63 bits per heavy atom. The highest BCUT2D eigenvalue weighted by molar-refractivity contribution is 5.94. The van der Waals surface area contributed by atoms with Crippen molar-refractivity contribution in [3.05, 3.63) is 23.8 Å². The summed E-state index contributed by atoms with van der Waals surface area (Å²) in [4.78, 5) is 13.8. The molecule has 3 N–H and O–H groups in total. The molecular formula is C13H20N2O4. The second-order valence-electron chi connectivity index (χ2n) is 3.96. The summed E-state index contributed by atoms with van der Waals surface area (Å²) >= 11 is 0. The van der Waals surface area contributed by atoms with Crippen molar-refractivity contribution >= 4 is 5.91 Å². The van der Waals surface area contributed by atoms with E-state index in [-0.39, 0.29) is 11.7 Å². The number of methoxy groups -OCH3 is 2. The molecule has 0 heterocycles. The van der Waals surface area contributed by atoms with Gasteiger partial charge in [-0.15, -0.1) is 0 Å². The van der Waals surface area contributed by atoms with E-state index in [1.807, 2.05) is 0 Å². The second kappa shape index (κ2) is 7.60. The van der Waals surface area contributed by atoms with Gasteiger partial charge in [0, 0.05) is 32.3 Å². The Balaban J connectivity index is 2.86. The summed E-state index contributed by atoms with van der Waals surface area (Å²) in [6.45, 7) is 1.71. The van der Waals surface area contributed by atoms with Gasteiger partial charge in [-0.3, -0.25) is 4.79 Å². The van der Waals surface area contributed by atoms with Gasteiger partial charge in [0.2, 0.25) is 0 Å². The molecule has 0 aliphatic heterocycles. The Kier molecular flexibility index (Phi) is 6.11. The molecule has 0 bridgehead atoms. The summed E-state index contributed by atoms with van der Waals surface area (Å²) in [5.41, 5.74) is 5.88. The predicted molar refractivity (Wildman–Crippen MR) is 71.5 cm³/mol. The van der Waals surface area contributed by atoms with E-state index in [1.54, 1.807) is 24.1 Å². The van der Waals surface area contributed by atoms with Crippen molar-refractivity contribution in [3.63, 3.8) is 0 Å². The van der Waals surface area contributed by atoms with Gasteiger partial charge in [-0.25, -0.2) is 0 Å². The third kappa shape index (κ3) is 4.11. The van der Waals surface area contributed by atoms with Gasteiger partial charge in [0.05, 0.1) is 13.7 Å². The Hall–Kier alpha value is -1.79. The van der Waals surface area contributed by atoms with Gasteiger partial charge in [-0.05, 0) is 18.2 Å². The molecule has 0 aromatic heterocycles. The Morgan fingerprint density at radius 2 is 2.11 bits per heavy atom. The third-order valence-corrected chi connectivity index (χ3v) is 2.68. The zero-order valence-corrected chi connectivity index (χ0v) is 11.3. The molecular weight excluding hydrogens is 248 g/mol. The minimum Gasteiger partial charge on any atom is -0.504 e. The first-order valence-corrected chi connectivity index (χ1v) is 5.99. The van der Waals surface area contributed by atoms with Gasteiger partial charge in [0.25, 0.3) is 5.91 Å². The number of nitrogens with two attached hydrogens (primary N) is 1. The highest BCUT2D eigenvalue weighted by Crippen LogP contribution is 2.26. The molecule has 1 amide bonds. The molecule has 0 saturated heterocycles. The van der Waals surface area contributed by atoms with E-state index in [0.29, 0.717) is 37.6 Å². The van der Waals surface area contributed by atoms with Crippen LogP contribution in [0.5, 0.6) is 11.5 Å². The molecule has 19 heavy (non-hydrogen) atoms. The van der Waals surface area contributed by atoms with Crippen LogP contribution in [0.3, 0.4) is 0 Å². The molecule has 1 rings (SSSR count). The topological polar surface area (TPSA) is 85.0 Å². The summed E-state index contributed by atoms with van der Waals surface area (Å²) in [6.07, 6.45) is 0. The maximum atomic E-state index is 12.3. The molecule has 1 aromatic carbocycles. The van der Waals surface area contributed by atoms with E-state index in [2.05, 4.69) is 0 Å². The van der Waals surface area contributed by atoms with Crippen molar-refractivity contribution in [3.8, 4) is 11.5 Å². The van der Waals surface area contributed by atoms with E-state index >= 15 is 0 Å². The lowest BCUT2D eigenvalue weighted by Crippen LogP contribution is -2.37. The monoisotopic (exact) mass is 268 g/mol. The standard InChI is InChI=1S/C13H20N2O4/c1-18-8-7-15(6-5-14)13(17)10-3-4-12(19-2)11(16)9-10/h3-4,9,16H,5-8,14H2,1-2H3. The highest BCUT2D eigenvalue weighted by atomic mass is 16.5. The van der Waals surface area contributed by atoms with Gasteiger partial charge in [0.1, 0.15) is 0 Å². The number of phenols is 1. The van der Waals surface area contributed by atoms with Crippen molar-refractivity contribution in [2.24, 2.45) is 5.73 Å². The predicted octanol–water partition coefficient (Wildman–Crippen LogP) is 0.448. The van der Waals surface area contributed by atoms with Crippen molar-refractivity contribution in [2.45, 2.75) is 0 Å². The Bertz CT molecular complexity index is 423. The fourth-order valence-electron chi connectivity index (χ4n) is 1.68. The third-order valence-electron chi connectivity index (χ3n) is 2.68. The van der Waals surface area contributed by atoms with Crippen LogP contribution in [0, 0.1) is 0 Å². The van der Waals surface area contributed by atoms with Crippen LogP contribution in [0.15, 0.2) is 18.2 Å². The van der Waals surface area contributed by atoms with Crippen molar-refractivity contribution in [1.29, 1.82) is 0 Å². The summed E-state index contributed by atoms with van der Waals surface area (Å²) in [6, 6.07) is 4.55. The molecule has 0 unspecified atom stereocenters. The van der Waals surface area contributed by atoms with Crippen LogP contribution in [-0.2, 0) is 4.74 Å². The van der Waals surface area contributed by atoms with Crippen LogP contribution in [0.25, 0.3) is 0 Å². The number of carbonyl (C=O) groups is 1. The number of phenolic OH excluding ortho intramolecular Hbond substituents is 1. The number of benzene rings is 1. The van der Waals surface area contributed by atoms with E-state index < -0.39 is 0 Å². The lowest BCUT2D eigenvalue weighted by atomic mass is 10.1. The molecule has 106 valence electrons. The number of ether oxygens (including phenoxy) is 2. The summed E-state index contributed by atoms with van der Waals surface area (Å²) in [5.74, 6) is 0.0760. The van der Waals surface area contributed by atoms with E-state index in [4.69, 9.17) is 15.2 Å². The van der Waals surface area contributed by atoms with Crippen molar-refractivity contribution in [1.82, 2.24) is 4.90 Å². The zero-order chi connectivity index (χ0) is 14.3. The quantitative estimate of drug-likeness (QED) is 0.750. The number of nitrogens with zero attached hydrogens (tertiary/aromatic N) is 1. The minimum atomic E-state index is -0.194. The molecule has 6 heteroatoms. The molecule has 0 radical (unpaired) electrons. The number of rotatable bonds is 7. The number of carbonyl (C=O) groups excluding carboxylic acids is 1. The van der Waals surface area contributed by atoms with Crippen LogP contribution >= 0.6 is 0 Å². The lowest BCUT2D eigenvalue weighted by molar-refractivity contribution is 0.0701. The SMILES string of the molecule is COCCN(CCN)C(=O)c1ccc(OC)c(O)c1. The van der Waals surface area contributed by atoms with Gasteiger partial charge in [-0.1, -0.05) is 0 Å². The van der Waals surface area contributed by atoms with Gasteiger partial charge in [-0.2, -0.15) is 0 Å². The van der Waals surface area contributed by atoms with E-state index in [9.17, 15) is 9.90 Å². The summed E-state index contributed by atoms with van der Waals surface area (Å²) < 4.78 is 9.90. The minimum absolute atomic E-state index is 0.0622. The second-order valence-corrected chi connectivity index (χ2v) is 3.96. The number of aromatic hydroxyl groups is 1. The molecule has 0 spiro atoms. The fourth-order valence-corrected chi connectivity index (χ4v) is 1.68. The van der Waals surface area contributed by atoms with Crippen LogP contribution in [0.1, 0.15) is 10.4 Å². The van der Waals surface area contributed by atoms with Crippen molar-refractivity contribution < 1.29 is 19.4 Å². The van der Waals surface area contributed by atoms with E-state index in [0.717, 1.165) is 0 Å². The summed E-state index contributed by atoms with van der Waals surface area (Å²) in [5, 5.41) is 9.68. The van der Waals surface area contributed by atoms with Gasteiger partial charge < -0.3 is 25.2 Å². The molecule has 1 aromatic rings. The maximum absolute atomic E-state index is 12.3. The fraction of sp³-hybridized carbons (Fsp3) is 0.462. The molecule has 0 fully saturated rings. The smallest absolute Gasteiger partial charge is 0.254 e. The van der Waals surface area contributed by atoms with E-state index in [1.165, 1.54) is 13.2 Å². The van der Waals surface area contributed by atoms with Crippen LogP contribution in [0.4, 0.5) is 0 Å². The largest absolute Gasteiger partial charge is 0.504 e. The van der Waals surface area contributed by atoms with Gasteiger partial charge >= 0.3 is 0 Å².